The van der Waals surface area contributed by atoms with Gasteiger partial charge >= 0.3 is 77.6 Å². The van der Waals surface area contributed by atoms with Crippen LogP contribution in [-0.2, 0) is 3.98 Å². The van der Waals surface area contributed by atoms with Gasteiger partial charge in [-0.1, -0.05) is 0 Å². The molecule has 0 aliphatic rings. The molecule has 0 fully saturated rings. The van der Waals surface area contributed by atoms with Gasteiger partial charge in [0.2, 0.25) is 0 Å². The molecule has 0 aromatic rings. The summed E-state index contributed by atoms with van der Waals surface area (Å²) in [6, 6.07) is 0. The summed E-state index contributed by atoms with van der Waals surface area (Å²) in [5.74, 6) is 0. The van der Waals surface area contributed by atoms with Crippen molar-refractivity contribution in [3.05, 3.63) is 0 Å². The van der Waals surface area contributed by atoms with Crippen molar-refractivity contribution in [1.82, 2.24) is 0 Å². The second-order valence-electron chi connectivity index (χ2n) is 0.651. The van der Waals surface area contributed by atoms with E-state index in [0.29, 0.717) is 0 Å². The molecule has 0 rings (SSSR count). The van der Waals surface area contributed by atoms with Crippen molar-refractivity contribution in [3.63, 3.8) is 0 Å². The van der Waals surface area contributed by atoms with Crippen molar-refractivity contribution in [3.8, 4) is 0 Å². The summed E-state index contributed by atoms with van der Waals surface area (Å²) in [7, 11) is -4.37. The fourth-order valence-electron chi connectivity index (χ4n) is 0. The summed E-state index contributed by atoms with van der Waals surface area (Å²) in [5, 5.41) is 0. The molecule has 8 heteroatoms. The second kappa shape index (κ2) is 7.70. The first kappa shape index (κ1) is 16.9. The third kappa shape index (κ3) is 15.8. The molecule has 0 amide bonds. The van der Waals surface area contributed by atoms with Crippen molar-refractivity contribution >= 4 is 89.4 Å². The monoisotopic (exact) mass is 246 g/mol. The van der Waals surface area contributed by atoms with E-state index in [1.165, 1.54) is 0 Å². The van der Waals surface area contributed by atoms with Crippen LogP contribution in [-0.4, -0.2) is 92.0 Å². The molecular weight excluding hydrogens is 239 g/mol. The van der Waals surface area contributed by atoms with Gasteiger partial charge in [0.15, 0.2) is 0 Å². The van der Waals surface area contributed by atoms with Gasteiger partial charge in [-0.3, -0.25) is 0 Å². The standard InChI is InChI=1S/ClH3O4Si.Mg.Sr.4H/c1-5-6(2,3)4;;;;;;/h2-4H;;;;;;. The van der Waals surface area contributed by atoms with E-state index >= 15 is 0 Å². The molecular formula is H7ClMgO4SiSr. The first-order valence-electron chi connectivity index (χ1n) is 1.03. The van der Waals surface area contributed by atoms with Crippen LogP contribution in [0.4, 0.5) is 0 Å². The molecule has 0 saturated carbocycles. The molecule has 0 saturated heterocycles. The van der Waals surface area contributed by atoms with Crippen LogP contribution in [0, 0.1) is 0 Å². The summed E-state index contributed by atoms with van der Waals surface area (Å²) in [5.41, 5.74) is 0. The van der Waals surface area contributed by atoms with E-state index in [1.807, 2.05) is 0 Å². The van der Waals surface area contributed by atoms with E-state index in [4.69, 9.17) is 14.4 Å². The molecule has 0 unspecified atom stereocenters. The van der Waals surface area contributed by atoms with E-state index in [9.17, 15) is 0 Å². The fourth-order valence-corrected chi connectivity index (χ4v) is 0. The van der Waals surface area contributed by atoms with Gasteiger partial charge in [0.25, 0.3) is 0 Å². The van der Waals surface area contributed by atoms with E-state index < -0.39 is 9.05 Å². The van der Waals surface area contributed by atoms with Crippen LogP contribution < -0.4 is 0 Å². The van der Waals surface area contributed by atoms with Gasteiger partial charge in [-0.15, -0.1) is 0 Å². The van der Waals surface area contributed by atoms with Gasteiger partial charge in [-0.2, -0.15) is 0 Å². The third-order valence-electron chi connectivity index (χ3n) is 0.104. The first-order valence-corrected chi connectivity index (χ1v) is 3.09. The number of hydrogen-bond acceptors (Lipinski definition) is 4. The van der Waals surface area contributed by atoms with Gasteiger partial charge in [0.1, 0.15) is 0 Å². The third-order valence-corrected chi connectivity index (χ3v) is 0.932. The summed E-state index contributed by atoms with van der Waals surface area (Å²) in [6.07, 6.45) is 0. The minimum atomic E-state index is -4.37. The zero-order valence-electron chi connectivity index (χ0n) is 2.63. The summed E-state index contributed by atoms with van der Waals surface area (Å²) >= 11 is 4.29. The van der Waals surface area contributed by atoms with Gasteiger partial charge in [0, 0.05) is 0 Å². The molecule has 0 aliphatic heterocycles. The normalized spacial score (nSPS) is 9.00. The molecule has 0 heterocycles. The molecule has 46 valence electrons. The summed E-state index contributed by atoms with van der Waals surface area (Å²) in [6.45, 7) is 0. The van der Waals surface area contributed by atoms with Gasteiger partial charge < -0.3 is 14.4 Å². The van der Waals surface area contributed by atoms with Crippen LogP contribution in [0.3, 0.4) is 0 Å². The quantitative estimate of drug-likeness (QED) is 0.425. The molecule has 0 radical (unpaired) electrons. The first-order chi connectivity index (χ1) is 2.56. The van der Waals surface area contributed by atoms with Gasteiger partial charge in [-0.25, -0.2) is 3.98 Å². The number of hydrogen-bond donors (Lipinski definition) is 3. The molecule has 0 aliphatic carbocycles. The van der Waals surface area contributed by atoms with Crippen LogP contribution in [0.5, 0.6) is 0 Å². The maximum absolute atomic E-state index is 7.72. The van der Waals surface area contributed by atoms with E-state index in [1.54, 1.807) is 0 Å². The van der Waals surface area contributed by atoms with Crippen molar-refractivity contribution in [2.45, 2.75) is 0 Å². The Hall–Kier alpha value is 2.59. The van der Waals surface area contributed by atoms with Crippen LogP contribution in [0.1, 0.15) is 0 Å². The number of rotatable bonds is 1. The van der Waals surface area contributed by atoms with Crippen LogP contribution in [0.15, 0.2) is 0 Å². The summed E-state index contributed by atoms with van der Waals surface area (Å²) in [4.78, 5) is 23.2. The molecule has 0 spiro atoms. The Labute approximate surface area is 106 Å². The van der Waals surface area contributed by atoms with Crippen LogP contribution in [0.2, 0.25) is 0 Å². The Bertz CT molecular complexity index is 45.8. The molecule has 4 nitrogen and oxygen atoms in total. The number of halogens is 1. The Kier molecular flexibility index (Phi) is 16.3. The zero-order chi connectivity index (χ0) is 5.21. The molecule has 3 N–H and O–H groups in total. The molecule has 0 atom stereocenters. The molecule has 0 bridgehead atoms. The Balaban J connectivity index is -0.000000125. The second-order valence-corrected chi connectivity index (χ2v) is 2.42. The van der Waals surface area contributed by atoms with Crippen molar-refractivity contribution in [2.75, 3.05) is 0 Å². The fraction of sp³-hybridized carbons (Fsp3) is 0. The van der Waals surface area contributed by atoms with Crippen molar-refractivity contribution < 1.29 is 18.4 Å². The van der Waals surface area contributed by atoms with Crippen molar-refractivity contribution in [2.24, 2.45) is 0 Å². The predicted octanol–water partition coefficient (Wildman–Crippen LogP) is -3.26. The SMILES string of the molecule is O[Si](O)(O)OCl.[MgH2].[SrH2]. The minimum absolute atomic E-state index is 0. The van der Waals surface area contributed by atoms with Gasteiger partial charge in [0.05, 0.1) is 11.9 Å². The molecule has 8 heavy (non-hydrogen) atoms. The zero-order valence-corrected chi connectivity index (χ0v) is 4.38. The summed E-state index contributed by atoms with van der Waals surface area (Å²) < 4.78 is 3.22. The van der Waals surface area contributed by atoms with Crippen LogP contribution in [0.25, 0.3) is 0 Å². The average molecular weight is 247 g/mol. The Morgan fingerprint density at radius 2 is 1.38 bits per heavy atom. The van der Waals surface area contributed by atoms with Crippen molar-refractivity contribution in [1.29, 1.82) is 0 Å². The van der Waals surface area contributed by atoms with E-state index in [2.05, 4.69) is 15.8 Å². The Morgan fingerprint density at radius 3 is 1.38 bits per heavy atom. The molecule has 0 aromatic carbocycles. The van der Waals surface area contributed by atoms with E-state index in [-0.39, 0.29) is 68.5 Å². The average Bonchev–Trinajstić information content (AvgIpc) is 1.35. The maximum atomic E-state index is 7.72. The molecule has 0 aromatic heterocycles. The van der Waals surface area contributed by atoms with E-state index in [0.717, 1.165) is 0 Å². The Morgan fingerprint density at radius 1 is 1.25 bits per heavy atom. The topological polar surface area (TPSA) is 69.9 Å². The van der Waals surface area contributed by atoms with Crippen LogP contribution >= 0.6 is 11.9 Å². The predicted molar refractivity (Wildman–Crippen MR) is 36.4 cm³/mol. The van der Waals surface area contributed by atoms with Gasteiger partial charge in [-0.05, 0) is 0 Å².